The Morgan fingerprint density at radius 1 is 0.929 bits per heavy atom. The molecule has 0 unspecified atom stereocenters. The van der Waals surface area contributed by atoms with Gasteiger partial charge >= 0.3 is 11.9 Å². The molecule has 1 aliphatic rings. The van der Waals surface area contributed by atoms with Crippen molar-refractivity contribution in [1.29, 1.82) is 0 Å². The molecule has 0 spiro atoms. The molecule has 1 aliphatic carbocycles. The van der Waals surface area contributed by atoms with Gasteiger partial charge in [-0.3, -0.25) is 9.59 Å². The lowest BCUT2D eigenvalue weighted by Gasteiger charge is -2.35. The molecule has 0 bridgehead atoms. The average molecular weight is 399 g/mol. The van der Waals surface area contributed by atoms with Gasteiger partial charge in [-0.05, 0) is 68.9 Å². The number of rotatable bonds is 14. The highest BCUT2D eigenvalue weighted by atomic mass is 16.5. The third-order valence-corrected chi connectivity index (χ3v) is 5.77. The molecule has 0 aromatic carbocycles. The largest absolute Gasteiger partial charge is 0.466 e. The van der Waals surface area contributed by atoms with E-state index in [1.165, 1.54) is 6.42 Å². The SMILES string of the molecule is CC(C)C[C@@H](CN)CC(=O)OCCCCCOC(=O)CC1(CN)CCCCC1. The Morgan fingerprint density at radius 2 is 1.54 bits per heavy atom. The van der Waals surface area contributed by atoms with Gasteiger partial charge in [-0.15, -0.1) is 0 Å². The quantitative estimate of drug-likeness (QED) is 0.342. The number of hydrogen-bond donors (Lipinski definition) is 2. The molecule has 6 nitrogen and oxygen atoms in total. The summed E-state index contributed by atoms with van der Waals surface area (Å²) in [6.07, 6.45) is 9.86. The van der Waals surface area contributed by atoms with Crippen LogP contribution in [0.4, 0.5) is 0 Å². The smallest absolute Gasteiger partial charge is 0.306 e. The maximum absolute atomic E-state index is 12.1. The molecule has 0 heterocycles. The maximum Gasteiger partial charge on any atom is 0.306 e. The summed E-state index contributed by atoms with van der Waals surface area (Å²) in [7, 11) is 0. The third kappa shape index (κ3) is 10.4. The fourth-order valence-electron chi connectivity index (χ4n) is 4.09. The molecular formula is C22H42N2O4. The van der Waals surface area contributed by atoms with Gasteiger partial charge in [-0.25, -0.2) is 0 Å². The van der Waals surface area contributed by atoms with E-state index >= 15 is 0 Å². The molecule has 0 aromatic rings. The van der Waals surface area contributed by atoms with Gasteiger partial charge in [0.1, 0.15) is 0 Å². The summed E-state index contributed by atoms with van der Waals surface area (Å²) in [6, 6.07) is 0. The second-order valence-corrected chi connectivity index (χ2v) is 8.88. The van der Waals surface area contributed by atoms with Crippen molar-refractivity contribution in [3.05, 3.63) is 0 Å². The van der Waals surface area contributed by atoms with Gasteiger partial charge in [0.25, 0.3) is 0 Å². The Bertz CT molecular complexity index is 448. The summed E-state index contributed by atoms with van der Waals surface area (Å²) < 4.78 is 10.7. The van der Waals surface area contributed by atoms with Crippen molar-refractivity contribution in [2.45, 2.75) is 84.5 Å². The summed E-state index contributed by atoms with van der Waals surface area (Å²) in [6.45, 7) is 6.19. The highest BCUT2D eigenvalue weighted by Gasteiger charge is 2.33. The lowest BCUT2D eigenvalue weighted by molar-refractivity contribution is -0.147. The van der Waals surface area contributed by atoms with Crippen LogP contribution >= 0.6 is 0 Å². The summed E-state index contributed by atoms with van der Waals surface area (Å²) in [5.74, 6) is 0.439. The van der Waals surface area contributed by atoms with Gasteiger partial charge in [-0.2, -0.15) is 0 Å². The van der Waals surface area contributed by atoms with Crippen LogP contribution in [0, 0.1) is 17.3 Å². The third-order valence-electron chi connectivity index (χ3n) is 5.77. The van der Waals surface area contributed by atoms with Gasteiger partial charge in [-0.1, -0.05) is 33.1 Å². The topological polar surface area (TPSA) is 105 Å². The van der Waals surface area contributed by atoms with E-state index in [1.807, 2.05) is 0 Å². The minimum Gasteiger partial charge on any atom is -0.466 e. The Balaban J connectivity index is 2.06. The molecular weight excluding hydrogens is 356 g/mol. The van der Waals surface area contributed by atoms with E-state index in [0.717, 1.165) is 51.4 Å². The van der Waals surface area contributed by atoms with Gasteiger partial charge in [0.05, 0.1) is 19.6 Å². The van der Waals surface area contributed by atoms with Gasteiger partial charge in [0.2, 0.25) is 0 Å². The van der Waals surface area contributed by atoms with Gasteiger partial charge in [0.15, 0.2) is 0 Å². The van der Waals surface area contributed by atoms with E-state index in [4.69, 9.17) is 20.9 Å². The highest BCUT2D eigenvalue weighted by Crippen LogP contribution is 2.38. The van der Waals surface area contributed by atoms with Crippen LogP contribution in [-0.2, 0) is 19.1 Å². The van der Waals surface area contributed by atoms with E-state index in [-0.39, 0.29) is 23.3 Å². The van der Waals surface area contributed by atoms with Crippen molar-refractivity contribution in [3.8, 4) is 0 Å². The molecule has 28 heavy (non-hydrogen) atoms. The van der Waals surface area contributed by atoms with Crippen LogP contribution in [0.25, 0.3) is 0 Å². The standard InChI is InChI=1S/C22H42N2O4/c1-18(2)13-19(16-23)14-20(25)27-11-7-4-8-12-28-21(26)15-22(17-24)9-5-3-6-10-22/h18-19H,3-17,23-24H2,1-2H3/t19-/m1/s1. The molecule has 0 saturated heterocycles. The van der Waals surface area contributed by atoms with E-state index in [2.05, 4.69) is 13.8 Å². The summed E-state index contributed by atoms with van der Waals surface area (Å²) >= 11 is 0. The Hall–Kier alpha value is -1.14. The lowest BCUT2D eigenvalue weighted by atomic mass is 9.72. The first kappa shape index (κ1) is 24.9. The van der Waals surface area contributed by atoms with Gasteiger partial charge in [0, 0.05) is 6.42 Å². The average Bonchev–Trinajstić information content (AvgIpc) is 2.67. The Morgan fingerprint density at radius 3 is 2.07 bits per heavy atom. The highest BCUT2D eigenvalue weighted by molar-refractivity contribution is 5.70. The minimum atomic E-state index is -0.165. The zero-order valence-corrected chi connectivity index (χ0v) is 18.0. The number of carbonyl (C=O) groups is 2. The fraction of sp³-hybridized carbons (Fsp3) is 0.909. The minimum absolute atomic E-state index is 0.0412. The first-order valence-corrected chi connectivity index (χ1v) is 11.1. The van der Waals surface area contributed by atoms with Crippen molar-refractivity contribution in [1.82, 2.24) is 0 Å². The number of esters is 2. The van der Waals surface area contributed by atoms with Crippen LogP contribution in [0.2, 0.25) is 0 Å². The fourth-order valence-corrected chi connectivity index (χ4v) is 4.09. The number of ether oxygens (including phenoxy) is 2. The summed E-state index contributed by atoms with van der Waals surface area (Å²) in [4.78, 5) is 24.0. The number of unbranched alkanes of at least 4 members (excludes halogenated alkanes) is 2. The molecule has 164 valence electrons. The van der Waals surface area contributed by atoms with Crippen LogP contribution in [0.1, 0.15) is 84.5 Å². The van der Waals surface area contributed by atoms with Crippen LogP contribution in [0.5, 0.6) is 0 Å². The molecule has 1 saturated carbocycles. The summed E-state index contributed by atoms with van der Waals surface area (Å²) in [5.41, 5.74) is 11.6. The molecule has 0 aliphatic heterocycles. The summed E-state index contributed by atoms with van der Waals surface area (Å²) in [5, 5.41) is 0. The molecule has 4 N–H and O–H groups in total. The van der Waals surface area contributed by atoms with Crippen molar-refractivity contribution in [2.24, 2.45) is 28.7 Å². The number of carbonyl (C=O) groups excluding carboxylic acids is 2. The zero-order chi connectivity index (χ0) is 20.8. The van der Waals surface area contributed by atoms with Crippen LogP contribution in [-0.4, -0.2) is 38.2 Å². The predicted molar refractivity (Wildman–Crippen MR) is 112 cm³/mol. The molecule has 0 radical (unpaired) electrons. The second kappa shape index (κ2) is 13.9. The first-order chi connectivity index (χ1) is 13.4. The van der Waals surface area contributed by atoms with Crippen LogP contribution < -0.4 is 11.5 Å². The zero-order valence-electron chi connectivity index (χ0n) is 18.0. The molecule has 6 heteroatoms. The molecule has 1 atom stereocenters. The monoisotopic (exact) mass is 398 g/mol. The lowest BCUT2D eigenvalue weighted by Crippen LogP contribution is -2.35. The normalized spacial score (nSPS) is 17.3. The van der Waals surface area contributed by atoms with Crippen LogP contribution in [0.15, 0.2) is 0 Å². The van der Waals surface area contributed by atoms with Crippen molar-refractivity contribution in [2.75, 3.05) is 26.3 Å². The van der Waals surface area contributed by atoms with E-state index < -0.39 is 0 Å². The maximum atomic E-state index is 12.1. The number of nitrogens with two attached hydrogens (primary N) is 2. The Labute approximate surface area is 171 Å². The second-order valence-electron chi connectivity index (χ2n) is 8.88. The molecule has 1 rings (SSSR count). The molecule has 0 amide bonds. The van der Waals surface area contributed by atoms with Crippen molar-refractivity contribution in [3.63, 3.8) is 0 Å². The van der Waals surface area contributed by atoms with E-state index in [1.54, 1.807) is 0 Å². The first-order valence-electron chi connectivity index (χ1n) is 11.1. The van der Waals surface area contributed by atoms with Crippen LogP contribution in [0.3, 0.4) is 0 Å². The van der Waals surface area contributed by atoms with Crippen molar-refractivity contribution < 1.29 is 19.1 Å². The Kier molecular flexibility index (Phi) is 12.4. The molecule has 1 fully saturated rings. The van der Waals surface area contributed by atoms with Gasteiger partial charge < -0.3 is 20.9 Å². The van der Waals surface area contributed by atoms with Crippen molar-refractivity contribution >= 4 is 11.9 Å². The predicted octanol–water partition coefficient (Wildman–Crippen LogP) is 3.55. The van der Waals surface area contributed by atoms with E-state index in [9.17, 15) is 9.59 Å². The molecule has 0 aromatic heterocycles. The number of hydrogen-bond acceptors (Lipinski definition) is 6. The van der Waals surface area contributed by atoms with E-state index in [0.29, 0.717) is 45.1 Å².